The van der Waals surface area contributed by atoms with E-state index in [2.05, 4.69) is 0 Å². The zero-order chi connectivity index (χ0) is 15.5. The van der Waals surface area contributed by atoms with Crippen molar-refractivity contribution in [3.63, 3.8) is 0 Å². The molecule has 1 aliphatic rings. The van der Waals surface area contributed by atoms with Gasteiger partial charge >= 0.3 is 5.97 Å². The van der Waals surface area contributed by atoms with Gasteiger partial charge in [-0.1, -0.05) is 44.2 Å². The number of nitrogens with zero attached hydrogens (tertiary/aromatic N) is 1. The summed E-state index contributed by atoms with van der Waals surface area (Å²) in [6, 6.07) is 9.99. The monoisotopic (exact) mass is 289 g/mol. The van der Waals surface area contributed by atoms with Crippen molar-refractivity contribution in [3.05, 3.63) is 35.9 Å². The van der Waals surface area contributed by atoms with E-state index in [1.165, 1.54) is 0 Å². The third-order valence-corrected chi connectivity index (χ3v) is 4.20. The standard InChI is InChI=1S/C17H23NO3/c1-17(2,12-13-6-4-3-5-7-13)16(21)18-10-8-14(9-11-18)15(19)20/h3-7,14H,8-12H2,1-2H3,(H,19,20). The third-order valence-electron chi connectivity index (χ3n) is 4.20. The number of carboxylic acid groups (broad SMARTS) is 1. The average molecular weight is 289 g/mol. The van der Waals surface area contributed by atoms with Crippen LogP contribution in [0.3, 0.4) is 0 Å². The second-order valence-corrected chi connectivity index (χ2v) is 6.45. The summed E-state index contributed by atoms with van der Waals surface area (Å²) < 4.78 is 0. The van der Waals surface area contributed by atoms with Gasteiger partial charge in [-0.2, -0.15) is 0 Å². The van der Waals surface area contributed by atoms with Gasteiger partial charge in [-0.05, 0) is 24.8 Å². The molecule has 2 rings (SSSR count). The number of amides is 1. The molecule has 1 aliphatic heterocycles. The van der Waals surface area contributed by atoms with Crippen LogP contribution in [-0.4, -0.2) is 35.0 Å². The summed E-state index contributed by atoms with van der Waals surface area (Å²) in [5, 5.41) is 9.01. The fourth-order valence-corrected chi connectivity index (χ4v) is 2.94. The van der Waals surface area contributed by atoms with E-state index in [9.17, 15) is 9.59 Å². The summed E-state index contributed by atoms with van der Waals surface area (Å²) in [7, 11) is 0. The molecule has 1 aromatic carbocycles. The first kappa shape index (κ1) is 15.5. The molecule has 1 saturated heterocycles. The second kappa shape index (κ2) is 6.29. The number of piperidine rings is 1. The van der Waals surface area contributed by atoms with E-state index in [0.717, 1.165) is 5.56 Å². The van der Waals surface area contributed by atoms with Gasteiger partial charge in [-0.15, -0.1) is 0 Å². The second-order valence-electron chi connectivity index (χ2n) is 6.45. The molecular formula is C17H23NO3. The van der Waals surface area contributed by atoms with Crippen molar-refractivity contribution < 1.29 is 14.7 Å². The predicted octanol–water partition coefficient (Wildman–Crippen LogP) is 2.58. The summed E-state index contributed by atoms with van der Waals surface area (Å²) >= 11 is 0. The Kier molecular flexibility index (Phi) is 4.66. The van der Waals surface area contributed by atoms with E-state index >= 15 is 0 Å². The van der Waals surface area contributed by atoms with Crippen LogP contribution < -0.4 is 0 Å². The molecule has 0 unspecified atom stereocenters. The number of aliphatic carboxylic acids is 1. The van der Waals surface area contributed by atoms with Crippen LogP contribution in [0, 0.1) is 11.3 Å². The van der Waals surface area contributed by atoms with Crippen LogP contribution in [0.15, 0.2) is 30.3 Å². The lowest BCUT2D eigenvalue weighted by Gasteiger charge is -2.36. The van der Waals surface area contributed by atoms with Crippen LogP contribution in [0.4, 0.5) is 0 Å². The van der Waals surface area contributed by atoms with Gasteiger partial charge < -0.3 is 10.0 Å². The summed E-state index contributed by atoms with van der Waals surface area (Å²) in [5.74, 6) is -0.924. The molecule has 4 heteroatoms. The van der Waals surface area contributed by atoms with E-state index in [0.29, 0.717) is 32.4 Å². The zero-order valence-corrected chi connectivity index (χ0v) is 12.7. The fourth-order valence-electron chi connectivity index (χ4n) is 2.94. The Hall–Kier alpha value is -1.84. The molecule has 0 radical (unpaired) electrons. The smallest absolute Gasteiger partial charge is 0.306 e. The number of carboxylic acids is 1. The molecule has 0 aromatic heterocycles. The van der Waals surface area contributed by atoms with Crippen LogP contribution in [0.2, 0.25) is 0 Å². The van der Waals surface area contributed by atoms with Gasteiger partial charge in [0.1, 0.15) is 0 Å². The number of hydrogen-bond acceptors (Lipinski definition) is 2. The van der Waals surface area contributed by atoms with Crippen molar-refractivity contribution >= 4 is 11.9 Å². The third kappa shape index (κ3) is 3.84. The number of benzene rings is 1. The Bertz CT molecular complexity index is 502. The molecule has 1 amide bonds. The van der Waals surface area contributed by atoms with Crippen molar-refractivity contribution in [2.24, 2.45) is 11.3 Å². The Morgan fingerprint density at radius 2 is 1.76 bits per heavy atom. The molecule has 0 atom stereocenters. The number of hydrogen-bond donors (Lipinski definition) is 1. The minimum atomic E-state index is -0.745. The molecule has 114 valence electrons. The first-order valence-electron chi connectivity index (χ1n) is 7.46. The van der Waals surface area contributed by atoms with E-state index in [-0.39, 0.29) is 11.8 Å². The molecule has 0 spiro atoms. The van der Waals surface area contributed by atoms with E-state index in [1.807, 2.05) is 49.1 Å². The molecule has 4 nitrogen and oxygen atoms in total. The lowest BCUT2D eigenvalue weighted by atomic mass is 9.83. The van der Waals surface area contributed by atoms with Crippen molar-refractivity contribution in [3.8, 4) is 0 Å². The highest BCUT2D eigenvalue weighted by atomic mass is 16.4. The number of likely N-dealkylation sites (tertiary alicyclic amines) is 1. The highest BCUT2D eigenvalue weighted by Gasteiger charge is 2.35. The van der Waals surface area contributed by atoms with Gasteiger partial charge in [0.15, 0.2) is 0 Å². The van der Waals surface area contributed by atoms with E-state index in [4.69, 9.17) is 5.11 Å². The highest BCUT2D eigenvalue weighted by Crippen LogP contribution is 2.27. The summed E-state index contributed by atoms with van der Waals surface area (Å²) in [5.41, 5.74) is 0.688. The van der Waals surface area contributed by atoms with Gasteiger partial charge in [-0.25, -0.2) is 0 Å². The SMILES string of the molecule is CC(C)(Cc1ccccc1)C(=O)N1CCC(C(=O)O)CC1. The average Bonchev–Trinajstić information content (AvgIpc) is 2.47. The van der Waals surface area contributed by atoms with Crippen LogP contribution >= 0.6 is 0 Å². The minimum Gasteiger partial charge on any atom is -0.481 e. The van der Waals surface area contributed by atoms with Crippen molar-refractivity contribution in [2.75, 3.05) is 13.1 Å². The van der Waals surface area contributed by atoms with E-state index in [1.54, 1.807) is 0 Å². The molecule has 0 aliphatic carbocycles. The van der Waals surface area contributed by atoms with E-state index < -0.39 is 11.4 Å². The Labute approximate surface area is 125 Å². The lowest BCUT2D eigenvalue weighted by Crippen LogP contribution is -2.46. The van der Waals surface area contributed by atoms with Crippen molar-refractivity contribution in [1.29, 1.82) is 0 Å². The molecule has 0 saturated carbocycles. The normalized spacial score (nSPS) is 16.8. The maximum Gasteiger partial charge on any atom is 0.306 e. The molecule has 1 aromatic rings. The van der Waals surface area contributed by atoms with Gasteiger partial charge in [0, 0.05) is 18.5 Å². The van der Waals surface area contributed by atoms with Crippen molar-refractivity contribution in [1.82, 2.24) is 4.90 Å². The molecule has 0 bridgehead atoms. The maximum atomic E-state index is 12.7. The Morgan fingerprint density at radius 3 is 2.29 bits per heavy atom. The van der Waals surface area contributed by atoms with Crippen molar-refractivity contribution in [2.45, 2.75) is 33.1 Å². The number of carbonyl (C=O) groups excluding carboxylic acids is 1. The van der Waals surface area contributed by atoms with Gasteiger partial charge in [0.25, 0.3) is 0 Å². The Balaban J connectivity index is 1.97. The van der Waals surface area contributed by atoms with Crippen LogP contribution in [0.25, 0.3) is 0 Å². The summed E-state index contributed by atoms with van der Waals surface area (Å²) in [6.07, 6.45) is 1.82. The summed E-state index contributed by atoms with van der Waals surface area (Å²) in [6.45, 7) is 5.03. The van der Waals surface area contributed by atoms with Crippen LogP contribution in [0.1, 0.15) is 32.3 Å². The molecule has 21 heavy (non-hydrogen) atoms. The predicted molar refractivity (Wildman–Crippen MR) is 80.9 cm³/mol. The van der Waals surface area contributed by atoms with Gasteiger partial charge in [-0.3, -0.25) is 9.59 Å². The highest BCUT2D eigenvalue weighted by molar-refractivity contribution is 5.82. The lowest BCUT2D eigenvalue weighted by molar-refractivity contribution is -0.148. The largest absolute Gasteiger partial charge is 0.481 e. The molecule has 1 N–H and O–H groups in total. The quantitative estimate of drug-likeness (QED) is 0.927. The number of carbonyl (C=O) groups is 2. The first-order valence-corrected chi connectivity index (χ1v) is 7.46. The fraction of sp³-hybridized carbons (Fsp3) is 0.529. The molecule has 1 heterocycles. The topological polar surface area (TPSA) is 57.6 Å². The molecular weight excluding hydrogens is 266 g/mol. The number of rotatable bonds is 4. The maximum absolute atomic E-state index is 12.7. The zero-order valence-electron chi connectivity index (χ0n) is 12.7. The van der Waals surface area contributed by atoms with Gasteiger partial charge in [0.2, 0.25) is 5.91 Å². The molecule has 1 fully saturated rings. The van der Waals surface area contributed by atoms with Crippen LogP contribution in [-0.2, 0) is 16.0 Å². The Morgan fingerprint density at radius 1 is 1.19 bits per heavy atom. The minimum absolute atomic E-state index is 0.121. The first-order chi connectivity index (χ1) is 9.90. The van der Waals surface area contributed by atoms with Gasteiger partial charge in [0.05, 0.1) is 5.92 Å². The van der Waals surface area contributed by atoms with Crippen LogP contribution in [0.5, 0.6) is 0 Å². The summed E-state index contributed by atoms with van der Waals surface area (Å²) in [4.78, 5) is 25.5.